The SMILES string of the molecule is Cc1cc(C(=O)N(Cc2nnc(-c3ccccc3Cl)o2)C(C)C)nn1-c1ccccc1. The van der Waals surface area contributed by atoms with Crippen LogP contribution in [-0.4, -0.2) is 36.8 Å². The average Bonchev–Trinajstić information content (AvgIpc) is 3.39. The minimum Gasteiger partial charge on any atom is -0.419 e. The lowest BCUT2D eigenvalue weighted by Crippen LogP contribution is -2.36. The van der Waals surface area contributed by atoms with Crippen LogP contribution in [0.4, 0.5) is 0 Å². The second-order valence-corrected chi connectivity index (χ2v) is 7.83. The van der Waals surface area contributed by atoms with Crippen LogP contribution < -0.4 is 0 Å². The van der Waals surface area contributed by atoms with Crippen molar-refractivity contribution >= 4 is 17.5 Å². The van der Waals surface area contributed by atoms with Gasteiger partial charge in [-0.1, -0.05) is 41.9 Å². The Labute approximate surface area is 185 Å². The van der Waals surface area contributed by atoms with Crippen LogP contribution in [0.3, 0.4) is 0 Å². The normalized spacial score (nSPS) is 11.1. The Balaban J connectivity index is 1.58. The van der Waals surface area contributed by atoms with Crippen molar-refractivity contribution in [3.8, 4) is 17.1 Å². The number of hydrogen-bond acceptors (Lipinski definition) is 5. The second kappa shape index (κ2) is 8.73. The van der Waals surface area contributed by atoms with Gasteiger partial charge in [0.15, 0.2) is 5.69 Å². The number of halogens is 1. The molecule has 0 spiro atoms. The zero-order valence-electron chi connectivity index (χ0n) is 17.5. The third-order valence-corrected chi connectivity index (χ3v) is 5.20. The number of amides is 1. The van der Waals surface area contributed by atoms with Crippen LogP contribution in [0.25, 0.3) is 17.1 Å². The van der Waals surface area contributed by atoms with Gasteiger partial charge in [-0.2, -0.15) is 5.10 Å². The molecule has 158 valence electrons. The maximum absolute atomic E-state index is 13.3. The lowest BCUT2D eigenvalue weighted by atomic mass is 10.2. The first kappa shape index (κ1) is 20.8. The summed E-state index contributed by atoms with van der Waals surface area (Å²) in [4.78, 5) is 14.9. The standard InChI is InChI=1S/C23H22ClN5O2/c1-15(2)28(14-21-25-26-22(31-21)18-11-7-8-12-19(18)24)23(30)20-13-16(3)29(27-20)17-9-5-4-6-10-17/h4-13,15H,14H2,1-3H3. The lowest BCUT2D eigenvalue weighted by molar-refractivity contribution is 0.0666. The van der Waals surface area contributed by atoms with Gasteiger partial charge in [0.25, 0.3) is 5.91 Å². The number of carbonyl (C=O) groups is 1. The maximum atomic E-state index is 13.3. The molecular formula is C23H22ClN5O2. The average molecular weight is 436 g/mol. The van der Waals surface area contributed by atoms with Gasteiger partial charge in [-0.25, -0.2) is 4.68 Å². The monoisotopic (exact) mass is 435 g/mol. The Hall–Kier alpha value is -3.45. The van der Waals surface area contributed by atoms with Crippen molar-refractivity contribution in [2.75, 3.05) is 0 Å². The topological polar surface area (TPSA) is 77.1 Å². The van der Waals surface area contributed by atoms with E-state index >= 15 is 0 Å². The van der Waals surface area contributed by atoms with E-state index in [0.717, 1.165) is 11.4 Å². The minimum absolute atomic E-state index is 0.0923. The van der Waals surface area contributed by atoms with Crippen LogP contribution in [0.15, 0.2) is 65.1 Å². The van der Waals surface area contributed by atoms with E-state index in [-0.39, 0.29) is 18.5 Å². The summed E-state index contributed by atoms with van der Waals surface area (Å²) in [5.74, 6) is 0.447. The molecule has 8 heteroatoms. The van der Waals surface area contributed by atoms with Gasteiger partial charge >= 0.3 is 0 Å². The molecule has 0 N–H and O–H groups in total. The summed E-state index contributed by atoms with van der Waals surface area (Å²) in [5.41, 5.74) is 2.79. The molecule has 0 aliphatic carbocycles. The summed E-state index contributed by atoms with van der Waals surface area (Å²) >= 11 is 6.22. The fourth-order valence-corrected chi connectivity index (χ4v) is 3.47. The molecule has 7 nitrogen and oxygen atoms in total. The summed E-state index contributed by atoms with van der Waals surface area (Å²) in [6.45, 7) is 5.96. The van der Waals surface area contributed by atoms with Crippen LogP contribution in [0.2, 0.25) is 5.02 Å². The third kappa shape index (κ3) is 4.36. The largest absolute Gasteiger partial charge is 0.419 e. The molecule has 1 amide bonds. The van der Waals surface area contributed by atoms with Crippen molar-refractivity contribution < 1.29 is 9.21 Å². The van der Waals surface area contributed by atoms with Crippen molar-refractivity contribution in [3.05, 3.63) is 83.0 Å². The van der Waals surface area contributed by atoms with Gasteiger partial charge in [0.05, 0.1) is 22.8 Å². The summed E-state index contributed by atoms with van der Waals surface area (Å²) < 4.78 is 7.55. The lowest BCUT2D eigenvalue weighted by Gasteiger charge is -2.24. The van der Waals surface area contributed by atoms with Crippen LogP contribution in [-0.2, 0) is 6.54 Å². The van der Waals surface area contributed by atoms with E-state index in [2.05, 4.69) is 15.3 Å². The summed E-state index contributed by atoms with van der Waals surface area (Å²) in [7, 11) is 0. The van der Waals surface area contributed by atoms with E-state index in [4.69, 9.17) is 16.0 Å². The van der Waals surface area contributed by atoms with E-state index in [0.29, 0.717) is 28.1 Å². The molecule has 0 bridgehead atoms. The van der Waals surface area contributed by atoms with Crippen molar-refractivity contribution in [1.29, 1.82) is 0 Å². The molecular weight excluding hydrogens is 414 g/mol. The molecule has 2 heterocycles. The van der Waals surface area contributed by atoms with E-state index in [1.54, 1.807) is 21.7 Å². The highest BCUT2D eigenvalue weighted by atomic mass is 35.5. The van der Waals surface area contributed by atoms with E-state index in [9.17, 15) is 4.79 Å². The molecule has 0 saturated carbocycles. The van der Waals surface area contributed by atoms with Gasteiger partial charge in [0.1, 0.15) is 0 Å². The van der Waals surface area contributed by atoms with Gasteiger partial charge in [-0.15, -0.1) is 10.2 Å². The van der Waals surface area contributed by atoms with Crippen molar-refractivity contribution in [2.24, 2.45) is 0 Å². The molecule has 0 radical (unpaired) electrons. The van der Waals surface area contributed by atoms with Crippen LogP contribution in [0.1, 0.15) is 35.9 Å². The maximum Gasteiger partial charge on any atom is 0.275 e. The predicted octanol–water partition coefficient (Wildman–Crippen LogP) is 4.93. The van der Waals surface area contributed by atoms with Gasteiger partial charge < -0.3 is 9.32 Å². The molecule has 2 aromatic heterocycles. The van der Waals surface area contributed by atoms with E-state index in [1.807, 2.05) is 69.3 Å². The van der Waals surface area contributed by atoms with Gasteiger partial charge in [-0.3, -0.25) is 4.79 Å². The first-order valence-electron chi connectivity index (χ1n) is 9.94. The molecule has 0 aliphatic rings. The third-order valence-electron chi connectivity index (χ3n) is 4.87. The van der Waals surface area contributed by atoms with Crippen molar-refractivity contribution in [1.82, 2.24) is 24.9 Å². The summed E-state index contributed by atoms with van der Waals surface area (Å²) in [5, 5.41) is 13.3. The molecule has 0 atom stereocenters. The first-order valence-corrected chi connectivity index (χ1v) is 10.3. The Bertz CT molecular complexity index is 1200. The number of rotatable bonds is 6. The Morgan fingerprint density at radius 2 is 1.81 bits per heavy atom. The van der Waals surface area contributed by atoms with Crippen molar-refractivity contribution in [3.63, 3.8) is 0 Å². The number of aromatic nitrogens is 4. The zero-order chi connectivity index (χ0) is 22.0. The van der Waals surface area contributed by atoms with Gasteiger partial charge in [0.2, 0.25) is 11.8 Å². The Morgan fingerprint density at radius 1 is 1.10 bits per heavy atom. The molecule has 4 rings (SSSR count). The summed E-state index contributed by atoms with van der Waals surface area (Å²) in [6.07, 6.45) is 0. The Morgan fingerprint density at radius 3 is 2.52 bits per heavy atom. The number of carbonyl (C=O) groups excluding carboxylic acids is 1. The molecule has 0 aliphatic heterocycles. The predicted molar refractivity (Wildman–Crippen MR) is 118 cm³/mol. The van der Waals surface area contributed by atoms with Gasteiger partial charge in [0, 0.05) is 11.7 Å². The van der Waals surface area contributed by atoms with Crippen LogP contribution >= 0.6 is 11.6 Å². The van der Waals surface area contributed by atoms with Crippen LogP contribution in [0, 0.1) is 6.92 Å². The molecule has 2 aromatic carbocycles. The quantitative estimate of drug-likeness (QED) is 0.429. The number of aryl methyl sites for hydroxylation is 1. The molecule has 4 aromatic rings. The fraction of sp³-hybridized carbons (Fsp3) is 0.217. The number of para-hydroxylation sites is 1. The van der Waals surface area contributed by atoms with Crippen LogP contribution in [0.5, 0.6) is 0 Å². The summed E-state index contributed by atoms with van der Waals surface area (Å²) in [6, 6.07) is 18.6. The smallest absolute Gasteiger partial charge is 0.275 e. The molecule has 31 heavy (non-hydrogen) atoms. The minimum atomic E-state index is -0.203. The molecule has 0 unspecified atom stereocenters. The number of nitrogens with zero attached hydrogens (tertiary/aromatic N) is 5. The highest BCUT2D eigenvalue weighted by Crippen LogP contribution is 2.26. The van der Waals surface area contributed by atoms with Gasteiger partial charge in [-0.05, 0) is 51.1 Å². The molecule has 0 fully saturated rings. The van der Waals surface area contributed by atoms with E-state index < -0.39 is 0 Å². The Kier molecular flexibility index (Phi) is 5.86. The molecule has 0 saturated heterocycles. The fourth-order valence-electron chi connectivity index (χ4n) is 3.25. The second-order valence-electron chi connectivity index (χ2n) is 7.43. The number of benzene rings is 2. The van der Waals surface area contributed by atoms with E-state index in [1.165, 1.54) is 0 Å². The van der Waals surface area contributed by atoms with Crippen molar-refractivity contribution in [2.45, 2.75) is 33.4 Å². The highest BCUT2D eigenvalue weighted by Gasteiger charge is 2.25. The highest BCUT2D eigenvalue weighted by molar-refractivity contribution is 6.33. The zero-order valence-corrected chi connectivity index (χ0v) is 18.2. The number of hydrogen-bond donors (Lipinski definition) is 0. The first-order chi connectivity index (χ1) is 14.9.